The maximum Gasteiger partial charge on any atom is 0.289 e. The molecule has 74 valence electrons. The van der Waals surface area contributed by atoms with Crippen LogP contribution in [0, 0.1) is 0 Å². The van der Waals surface area contributed by atoms with Crippen molar-refractivity contribution >= 4 is 10.1 Å². The lowest BCUT2D eigenvalue weighted by Gasteiger charge is -1.96. The first-order chi connectivity index (χ1) is 5.58. The summed E-state index contributed by atoms with van der Waals surface area (Å²) in [5.41, 5.74) is 0. The molecule has 0 bridgehead atoms. The lowest BCUT2D eigenvalue weighted by Crippen LogP contribution is -2.11. The van der Waals surface area contributed by atoms with Crippen LogP contribution in [0.15, 0.2) is 0 Å². The van der Waals surface area contributed by atoms with Crippen LogP contribution in [-0.2, 0) is 19.6 Å². The SMILES string of the molecule is CC.O=S(=O)(O)COCC1CO1. The minimum atomic E-state index is -3.97. The first kappa shape index (κ1) is 11.8. The molecule has 0 aromatic rings. The molecular formula is C6H14O5S. The summed E-state index contributed by atoms with van der Waals surface area (Å²) in [7, 11) is -3.97. The first-order valence-corrected chi connectivity index (χ1v) is 5.33. The highest BCUT2D eigenvalue weighted by molar-refractivity contribution is 7.85. The first-order valence-electron chi connectivity index (χ1n) is 3.72. The Bertz CT molecular complexity index is 194. The van der Waals surface area contributed by atoms with E-state index in [2.05, 4.69) is 4.74 Å². The molecule has 1 aliphatic rings. The molecule has 1 unspecified atom stereocenters. The van der Waals surface area contributed by atoms with Crippen LogP contribution >= 0.6 is 0 Å². The lowest BCUT2D eigenvalue weighted by atomic mass is 10.5. The van der Waals surface area contributed by atoms with Crippen LogP contribution in [0.5, 0.6) is 0 Å². The van der Waals surface area contributed by atoms with Crippen molar-refractivity contribution in [1.29, 1.82) is 0 Å². The maximum absolute atomic E-state index is 10.0. The van der Waals surface area contributed by atoms with Crippen molar-refractivity contribution in [1.82, 2.24) is 0 Å². The lowest BCUT2D eigenvalue weighted by molar-refractivity contribution is 0.148. The van der Waals surface area contributed by atoms with E-state index in [1.165, 1.54) is 0 Å². The van der Waals surface area contributed by atoms with E-state index in [1.54, 1.807) is 0 Å². The normalized spacial score (nSPS) is 21.1. The summed E-state index contributed by atoms with van der Waals surface area (Å²) < 4.78 is 37.5. The van der Waals surface area contributed by atoms with Crippen molar-refractivity contribution in [3.8, 4) is 0 Å². The van der Waals surface area contributed by atoms with Crippen molar-refractivity contribution in [3.05, 3.63) is 0 Å². The monoisotopic (exact) mass is 198 g/mol. The van der Waals surface area contributed by atoms with Crippen molar-refractivity contribution in [3.63, 3.8) is 0 Å². The largest absolute Gasteiger partial charge is 0.371 e. The molecule has 0 spiro atoms. The molecule has 1 N–H and O–H groups in total. The zero-order chi connectivity index (χ0) is 9.61. The van der Waals surface area contributed by atoms with E-state index in [1.807, 2.05) is 13.8 Å². The number of epoxide rings is 1. The van der Waals surface area contributed by atoms with E-state index >= 15 is 0 Å². The van der Waals surface area contributed by atoms with Gasteiger partial charge in [0.15, 0.2) is 5.94 Å². The molecular weight excluding hydrogens is 184 g/mol. The molecule has 1 rings (SSSR count). The summed E-state index contributed by atoms with van der Waals surface area (Å²) in [4.78, 5) is 0. The highest BCUT2D eigenvalue weighted by Crippen LogP contribution is 2.08. The predicted octanol–water partition coefficient (Wildman–Crippen LogP) is 0.273. The summed E-state index contributed by atoms with van der Waals surface area (Å²) in [6, 6.07) is 0. The molecule has 1 aliphatic heterocycles. The zero-order valence-corrected chi connectivity index (χ0v) is 8.00. The van der Waals surface area contributed by atoms with Crippen LogP contribution in [0.4, 0.5) is 0 Å². The minimum absolute atomic E-state index is 0.0294. The summed E-state index contributed by atoms with van der Waals surface area (Å²) in [5, 5.41) is 0. The van der Waals surface area contributed by atoms with Gasteiger partial charge in [-0.05, 0) is 0 Å². The molecule has 1 saturated heterocycles. The van der Waals surface area contributed by atoms with E-state index in [0.29, 0.717) is 6.61 Å². The standard InChI is InChI=1S/C4H8O5S.C2H6/c5-10(6,7)3-8-1-4-2-9-4;1-2/h4H,1-3H2,(H,5,6,7);1-2H3. The Labute approximate surface area is 72.4 Å². The van der Waals surface area contributed by atoms with Crippen LogP contribution in [0.2, 0.25) is 0 Å². The molecule has 1 atom stereocenters. The van der Waals surface area contributed by atoms with Crippen LogP contribution in [0.1, 0.15) is 13.8 Å². The molecule has 6 heteroatoms. The Hall–Kier alpha value is -0.170. The predicted molar refractivity (Wildman–Crippen MR) is 43.5 cm³/mol. The van der Waals surface area contributed by atoms with E-state index < -0.39 is 16.1 Å². The molecule has 0 aromatic carbocycles. The van der Waals surface area contributed by atoms with Gasteiger partial charge in [0.25, 0.3) is 10.1 Å². The van der Waals surface area contributed by atoms with E-state index in [-0.39, 0.29) is 12.7 Å². The van der Waals surface area contributed by atoms with E-state index in [0.717, 1.165) is 0 Å². The topological polar surface area (TPSA) is 76.1 Å². The third-order valence-electron chi connectivity index (χ3n) is 0.938. The fourth-order valence-corrected chi connectivity index (χ4v) is 0.756. The molecule has 0 amide bonds. The Morgan fingerprint density at radius 1 is 1.58 bits per heavy atom. The summed E-state index contributed by atoms with van der Waals surface area (Å²) in [5.74, 6) is -0.646. The van der Waals surface area contributed by atoms with Gasteiger partial charge in [0.2, 0.25) is 0 Å². The molecule has 0 radical (unpaired) electrons. The number of rotatable bonds is 4. The third kappa shape index (κ3) is 7.93. The van der Waals surface area contributed by atoms with Gasteiger partial charge in [-0.1, -0.05) is 13.8 Å². The molecule has 0 saturated carbocycles. The van der Waals surface area contributed by atoms with Crippen LogP contribution in [-0.4, -0.2) is 38.2 Å². The fourth-order valence-electron chi connectivity index (χ4n) is 0.449. The van der Waals surface area contributed by atoms with Gasteiger partial charge in [0, 0.05) is 0 Å². The Balaban J connectivity index is 0.000000561. The maximum atomic E-state index is 10.0. The van der Waals surface area contributed by atoms with Crippen LogP contribution in [0.25, 0.3) is 0 Å². The quantitative estimate of drug-likeness (QED) is 0.518. The number of hydrogen-bond acceptors (Lipinski definition) is 4. The zero-order valence-electron chi connectivity index (χ0n) is 7.19. The van der Waals surface area contributed by atoms with Gasteiger partial charge in [-0.3, -0.25) is 4.55 Å². The van der Waals surface area contributed by atoms with Gasteiger partial charge in [-0.25, -0.2) is 0 Å². The number of hydrogen-bond donors (Lipinski definition) is 1. The molecule has 1 fully saturated rings. The molecule has 1 heterocycles. The van der Waals surface area contributed by atoms with Crippen molar-refractivity contribution in [2.24, 2.45) is 0 Å². The smallest absolute Gasteiger partial charge is 0.289 e. The van der Waals surface area contributed by atoms with Gasteiger partial charge in [-0.15, -0.1) is 0 Å². The highest BCUT2D eigenvalue weighted by Gasteiger charge is 2.22. The van der Waals surface area contributed by atoms with Crippen molar-refractivity contribution in [2.45, 2.75) is 20.0 Å². The number of ether oxygens (including phenoxy) is 2. The van der Waals surface area contributed by atoms with Crippen LogP contribution < -0.4 is 0 Å². The summed E-state index contributed by atoms with van der Waals surface area (Å²) in [6.07, 6.45) is 0.0294. The second-order valence-electron chi connectivity index (χ2n) is 2.03. The molecule has 0 aliphatic carbocycles. The molecule has 5 nitrogen and oxygen atoms in total. The Morgan fingerprint density at radius 2 is 2.08 bits per heavy atom. The van der Waals surface area contributed by atoms with E-state index in [4.69, 9.17) is 9.29 Å². The van der Waals surface area contributed by atoms with Gasteiger partial charge < -0.3 is 9.47 Å². The average molecular weight is 198 g/mol. The average Bonchev–Trinajstić information content (AvgIpc) is 2.73. The summed E-state index contributed by atoms with van der Waals surface area (Å²) in [6.45, 7) is 4.85. The van der Waals surface area contributed by atoms with Crippen molar-refractivity contribution in [2.75, 3.05) is 19.2 Å². The molecule has 12 heavy (non-hydrogen) atoms. The minimum Gasteiger partial charge on any atom is -0.371 e. The second-order valence-corrected chi connectivity index (χ2v) is 3.43. The van der Waals surface area contributed by atoms with Gasteiger partial charge in [0.05, 0.1) is 13.2 Å². The summed E-state index contributed by atoms with van der Waals surface area (Å²) >= 11 is 0. The Kier molecular flexibility index (Phi) is 5.39. The van der Waals surface area contributed by atoms with Crippen LogP contribution in [0.3, 0.4) is 0 Å². The fraction of sp³-hybridized carbons (Fsp3) is 1.00. The van der Waals surface area contributed by atoms with E-state index in [9.17, 15) is 8.42 Å². The van der Waals surface area contributed by atoms with Gasteiger partial charge >= 0.3 is 0 Å². The third-order valence-corrected chi connectivity index (χ3v) is 1.40. The van der Waals surface area contributed by atoms with Crippen molar-refractivity contribution < 1.29 is 22.4 Å². The highest BCUT2D eigenvalue weighted by atomic mass is 32.2. The molecule has 0 aromatic heterocycles. The van der Waals surface area contributed by atoms with Gasteiger partial charge in [0.1, 0.15) is 6.10 Å². The van der Waals surface area contributed by atoms with Gasteiger partial charge in [-0.2, -0.15) is 8.42 Å². The Morgan fingerprint density at radius 3 is 2.42 bits per heavy atom. The second kappa shape index (κ2) is 5.47.